The number of hydrogen-bond acceptors (Lipinski definition) is 1. The first kappa shape index (κ1) is 14.4. The molecule has 0 amide bonds. The van der Waals surface area contributed by atoms with E-state index >= 15 is 0 Å². The Morgan fingerprint density at radius 2 is 1.82 bits per heavy atom. The first-order chi connectivity index (χ1) is 10.6. The van der Waals surface area contributed by atoms with Crippen molar-refractivity contribution in [2.75, 3.05) is 0 Å². The molecule has 22 heavy (non-hydrogen) atoms. The molecule has 3 aromatic rings. The largest absolute Gasteiger partial charge is 0.478 e. The highest BCUT2D eigenvalue weighted by Crippen LogP contribution is 2.28. The van der Waals surface area contributed by atoms with Crippen LogP contribution in [0.1, 0.15) is 24.2 Å². The molecule has 0 saturated heterocycles. The Morgan fingerprint density at radius 3 is 2.45 bits per heavy atom. The van der Waals surface area contributed by atoms with E-state index in [0.29, 0.717) is 11.5 Å². The van der Waals surface area contributed by atoms with Crippen molar-refractivity contribution in [3.05, 3.63) is 60.3 Å². The fraction of sp³-hybridized carbons (Fsp3) is 0.211. The fourth-order valence-corrected chi connectivity index (χ4v) is 2.82. The molecular formula is C19H19NO2. The lowest BCUT2D eigenvalue weighted by Gasteiger charge is -2.09. The smallest absolute Gasteiger partial charge is 0.337 e. The summed E-state index contributed by atoms with van der Waals surface area (Å²) in [6.07, 6.45) is 1.75. The van der Waals surface area contributed by atoms with E-state index in [1.165, 1.54) is 0 Å². The lowest BCUT2D eigenvalue weighted by atomic mass is 10.0. The second-order valence-electron chi connectivity index (χ2n) is 5.99. The molecule has 3 heteroatoms. The highest BCUT2D eigenvalue weighted by atomic mass is 16.4. The van der Waals surface area contributed by atoms with Crippen LogP contribution in [0, 0.1) is 5.92 Å². The highest BCUT2D eigenvalue weighted by molar-refractivity contribution is 6.04. The average molecular weight is 293 g/mol. The van der Waals surface area contributed by atoms with Crippen molar-refractivity contribution in [2.45, 2.75) is 20.4 Å². The van der Waals surface area contributed by atoms with Crippen LogP contribution in [0.5, 0.6) is 0 Å². The Bertz CT molecular complexity index is 816. The molecule has 3 rings (SSSR count). The van der Waals surface area contributed by atoms with Crippen molar-refractivity contribution in [3.8, 4) is 11.1 Å². The SMILES string of the molecule is CC(C)Cn1cc(C(=O)O)c2ccc(-c3ccccc3)cc21. The third-order valence-corrected chi connectivity index (χ3v) is 3.78. The molecule has 0 aliphatic rings. The monoisotopic (exact) mass is 293 g/mol. The van der Waals surface area contributed by atoms with E-state index in [1.54, 1.807) is 6.20 Å². The number of carbonyl (C=O) groups is 1. The molecule has 0 saturated carbocycles. The van der Waals surface area contributed by atoms with Gasteiger partial charge >= 0.3 is 5.97 Å². The molecule has 0 spiro atoms. The number of carboxylic acid groups (broad SMARTS) is 1. The molecule has 0 fully saturated rings. The number of aromatic nitrogens is 1. The number of fused-ring (bicyclic) bond motifs is 1. The molecule has 0 atom stereocenters. The summed E-state index contributed by atoms with van der Waals surface area (Å²) in [6.45, 7) is 5.07. The van der Waals surface area contributed by atoms with Crippen molar-refractivity contribution in [1.29, 1.82) is 0 Å². The third-order valence-electron chi connectivity index (χ3n) is 3.78. The predicted molar refractivity (Wildman–Crippen MR) is 89.2 cm³/mol. The van der Waals surface area contributed by atoms with Crippen LogP contribution in [0.2, 0.25) is 0 Å². The van der Waals surface area contributed by atoms with Crippen molar-refractivity contribution in [3.63, 3.8) is 0 Å². The number of hydrogen-bond donors (Lipinski definition) is 1. The molecule has 1 N–H and O–H groups in total. The third kappa shape index (κ3) is 2.62. The molecule has 112 valence electrons. The Morgan fingerprint density at radius 1 is 1.09 bits per heavy atom. The van der Waals surface area contributed by atoms with Gasteiger partial charge in [0.2, 0.25) is 0 Å². The van der Waals surface area contributed by atoms with Gasteiger partial charge in [-0.1, -0.05) is 56.3 Å². The molecule has 0 unspecified atom stereocenters. The van der Waals surface area contributed by atoms with Crippen LogP contribution in [0.4, 0.5) is 0 Å². The quantitative estimate of drug-likeness (QED) is 0.760. The van der Waals surface area contributed by atoms with Crippen LogP contribution < -0.4 is 0 Å². The predicted octanol–water partition coefficient (Wildman–Crippen LogP) is 4.66. The lowest BCUT2D eigenvalue weighted by molar-refractivity contribution is 0.0698. The maximum absolute atomic E-state index is 11.5. The summed E-state index contributed by atoms with van der Waals surface area (Å²) >= 11 is 0. The molecule has 1 aromatic heterocycles. The van der Waals surface area contributed by atoms with Crippen LogP contribution in [0.25, 0.3) is 22.0 Å². The zero-order valence-corrected chi connectivity index (χ0v) is 12.8. The summed E-state index contributed by atoms with van der Waals surface area (Å²) in [5, 5.41) is 10.2. The molecule has 3 nitrogen and oxygen atoms in total. The summed E-state index contributed by atoms with van der Waals surface area (Å²) < 4.78 is 2.05. The maximum atomic E-state index is 11.5. The first-order valence-corrected chi connectivity index (χ1v) is 7.48. The zero-order chi connectivity index (χ0) is 15.7. The Labute approximate surface area is 129 Å². The molecule has 0 aliphatic carbocycles. The maximum Gasteiger partial charge on any atom is 0.337 e. The second kappa shape index (κ2) is 5.68. The summed E-state index contributed by atoms with van der Waals surface area (Å²) in [5.41, 5.74) is 3.59. The minimum absolute atomic E-state index is 0.371. The van der Waals surface area contributed by atoms with Gasteiger partial charge in [0.05, 0.1) is 5.56 Å². The topological polar surface area (TPSA) is 42.2 Å². The van der Waals surface area contributed by atoms with Crippen molar-refractivity contribution in [2.24, 2.45) is 5.92 Å². The van der Waals surface area contributed by atoms with Crippen LogP contribution >= 0.6 is 0 Å². The van der Waals surface area contributed by atoms with E-state index < -0.39 is 5.97 Å². The van der Waals surface area contributed by atoms with Gasteiger partial charge in [0.15, 0.2) is 0 Å². The molecule has 0 radical (unpaired) electrons. The summed E-state index contributed by atoms with van der Waals surface area (Å²) in [5.74, 6) is -0.419. The number of rotatable bonds is 4. The second-order valence-corrected chi connectivity index (χ2v) is 5.99. The summed E-state index contributed by atoms with van der Waals surface area (Å²) in [4.78, 5) is 11.5. The van der Waals surface area contributed by atoms with Gasteiger partial charge in [-0.15, -0.1) is 0 Å². The van der Waals surface area contributed by atoms with Gasteiger partial charge < -0.3 is 9.67 Å². The van der Waals surface area contributed by atoms with Gasteiger partial charge in [0.25, 0.3) is 0 Å². The van der Waals surface area contributed by atoms with Crippen LogP contribution in [-0.4, -0.2) is 15.6 Å². The van der Waals surface area contributed by atoms with Gasteiger partial charge in [-0.05, 0) is 23.1 Å². The molecule has 0 bridgehead atoms. The number of aromatic carboxylic acids is 1. The van der Waals surface area contributed by atoms with E-state index in [4.69, 9.17) is 0 Å². The summed E-state index contributed by atoms with van der Waals surface area (Å²) in [6, 6.07) is 16.1. The molecule has 1 heterocycles. The number of benzene rings is 2. The van der Waals surface area contributed by atoms with Gasteiger partial charge in [0, 0.05) is 23.6 Å². The van der Waals surface area contributed by atoms with E-state index in [9.17, 15) is 9.90 Å². The van der Waals surface area contributed by atoms with E-state index in [2.05, 4.69) is 36.6 Å². The van der Waals surface area contributed by atoms with Crippen molar-refractivity contribution >= 4 is 16.9 Å². The van der Waals surface area contributed by atoms with E-state index in [-0.39, 0.29) is 0 Å². The zero-order valence-electron chi connectivity index (χ0n) is 12.8. The van der Waals surface area contributed by atoms with Gasteiger partial charge in [0.1, 0.15) is 0 Å². The van der Waals surface area contributed by atoms with Crippen LogP contribution in [0.3, 0.4) is 0 Å². The minimum Gasteiger partial charge on any atom is -0.478 e. The van der Waals surface area contributed by atoms with Crippen molar-refractivity contribution < 1.29 is 9.90 Å². The molecule has 0 aliphatic heterocycles. The van der Waals surface area contributed by atoms with Gasteiger partial charge in [-0.25, -0.2) is 4.79 Å². The normalized spacial score (nSPS) is 11.2. The first-order valence-electron chi connectivity index (χ1n) is 7.48. The Balaban J connectivity index is 2.19. The van der Waals surface area contributed by atoms with Crippen LogP contribution in [-0.2, 0) is 6.54 Å². The minimum atomic E-state index is -0.875. The lowest BCUT2D eigenvalue weighted by Crippen LogP contribution is -2.03. The number of carboxylic acids is 1. The fourth-order valence-electron chi connectivity index (χ4n) is 2.82. The highest BCUT2D eigenvalue weighted by Gasteiger charge is 2.15. The Kier molecular flexibility index (Phi) is 3.72. The number of nitrogens with zero attached hydrogens (tertiary/aromatic N) is 1. The van der Waals surface area contributed by atoms with Crippen LogP contribution in [0.15, 0.2) is 54.7 Å². The van der Waals surface area contributed by atoms with Crippen molar-refractivity contribution in [1.82, 2.24) is 4.57 Å². The molecular weight excluding hydrogens is 274 g/mol. The Hall–Kier alpha value is -2.55. The van der Waals surface area contributed by atoms with Gasteiger partial charge in [-0.3, -0.25) is 0 Å². The van der Waals surface area contributed by atoms with E-state index in [0.717, 1.165) is 28.6 Å². The van der Waals surface area contributed by atoms with Gasteiger partial charge in [-0.2, -0.15) is 0 Å². The average Bonchev–Trinajstić information content (AvgIpc) is 2.86. The summed E-state index contributed by atoms with van der Waals surface area (Å²) in [7, 11) is 0. The standard InChI is InChI=1S/C19H19NO2/c1-13(2)11-20-12-17(19(21)22)16-9-8-15(10-18(16)20)14-6-4-3-5-7-14/h3-10,12-13H,11H2,1-2H3,(H,21,22). The van der Waals surface area contributed by atoms with E-state index in [1.807, 2.05) is 30.3 Å². The molecule has 2 aromatic carbocycles.